The summed E-state index contributed by atoms with van der Waals surface area (Å²) in [4.78, 5) is 15.0. The largest absolute Gasteiger partial charge is 0.478 e. The molecule has 1 aromatic rings. The minimum Gasteiger partial charge on any atom is -0.478 e. The highest BCUT2D eigenvalue weighted by molar-refractivity contribution is 6.33. The molecular weight excluding hydrogens is 252 g/mol. The maximum atomic E-state index is 10.9. The van der Waals surface area contributed by atoms with E-state index in [1.807, 2.05) is 0 Å². The molecule has 2 N–H and O–H groups in total. The Labute approximate surface area is 112 Å². The van der Waals surface area contributed by atoms with E-state index in [0.29, 0.717) is 11.7 Å². The minimum absolute atomic E-state index is 0.0662. The van der Waals surface area contributed by atoms with E-state index in [9.17, 15) is 4.79 Å². The van der Waals surface area contributed by atoms with Crippen molar-refractivity contribution in [2.75, 3.05) is 11.9 Å². The molecule has 4 nitrogen and oxygen atoms in total. The highest BCUT2D eigenvalue weighted by atomic mass is 35.5. The fourth-order valence-electron chi connectivity index (χ4n) is 1.22. The molecule has 5 heteroatoms. The highest BCUT2D eigenvalue weighted by Gasteiger charge is 2.22. The van der Waals surface area contributed by atoms with Crippen LogP contribution in [0.4, 0.5) is 5.82 Å². The number of nitrogens with zero attached hydrogens (tertiary/aromatic N) is 1. The molecular formula is C13H19ClN2O2. The molecule has 0 aliphatic heterocycles. The fourth-order valence-corrected chi connectivity index (χ4v) is 1.41. The van der Waals surface area contributed by atoms with E-state index in [1.165, 1.54) is 12.3 Å². The van der Waals surface area contributed by atoms with Crippen LogP contribution >= 0.6 is 11.6 Å². The molecule has 0 atom stereocenters. The van der Waals surface area contributed by atoms with Crippen molar-refractivity contribution in [2.24, 2.45) is 11.3 Å². The van der Waals surface area contributed by atoms with Gasteiger partial charge in [-0.15, -0.1) is 0 Å². The molecule has 1 aromatic heterocycles. The van der Waals surface area contributed by atoms with Crippen LogP contribution < -0.4 is 5.32 Å². The van der Waals surface area contributed by atoms with Gasteiger partial charge in [0.1, 0.15) is 5.82 Å². The first kappa shape index (κ1) is 14.8. The van der Waals surface area contributed by atoms with E-state index in [4.69, 9.17) is 16.7 Å². The lowest BCUT2D eigenvalue weighted by atomic mass is 9.81. The van der Waals surface area contributed by atoms with E-state index in [-0.39, 0.29) is 16.0 Å². The van der Waals surface area contributed by atoms with Gasteiger partial charge in [0, 0.05) is 12.7 Å². The van der Waals surface area contributed by atoms with Gasteiger partial charge in [0.2, 0.25) is 0 Å². The standard InChI is InChI=1S/C13H19ClN2O2/c1-8(2)13(3,4)7-16-11-5-9(12(17)18)10(14)6-15-11/h5-6,8H,7H2,1-4H3,(H,15,16)(H,17,18). The van der Waals surface area contributed by atoms with Crippen molar-refractivity contribution < 1.29 is 9.90 Å². The molecule has 18 heavy (non-hydrogen) atoms. The van der Waals surface area contributed by atoms with Gasteiger partial charge in [-0.3, -0.25) is 0 Å². The third-order valence-corrected chi connectivity index (χ3v) is 3.68. The Morgan fingerprint density at radius 1 is 1.56 bits per heavy atom. The zero-order chi connectivity index (χ0) is 13.9. The van der Waals surface area contributed by atoms with Gasteiger partial charge in [-0.05, 0) is 17.4 Å². The molecule has 0 bridgehead atoms. The number of aromatic carboxylic acids is 1. The number of anilines is 1. The van der Waals surface area contributed by atoms with E-state index in [2.05, 4.69) is 38.0 Å². The number of hydrogen-bond donors (Lipinski definition) is 2. The van der Waals surface area contributed by atoms with Crippen LogP contribution in [0.3, 0.4) is 0 Å². The summed E-state index contributed by atoms with van der Waals surface area (Å²) in [6.45, 7) is 9.33. The van der Waals surface area contributed by atoms with Crippen LogP contribution in [0.1, 0.15) is 38.1 Å². The number of carboxylic acids is 1. The molecule has 0 fully saturated rings. The van der Waals surface area contributed by atoms with Gasteiger partial charge < -0.3 is 10.4 Å². The maximum Gasteiger partial charge on any atom is 0.337 e. The van der Waals surface area contributed by atoms with Gasteiger partial charge in [-0.1, -0.05) is 39.3 Å². The number of aromatic nitrogens is 1. The lowest BCUT2D eigenvalue weighted by Gasteiger charge is -2.29. The van der Waals surface area contributed by atoms with Gasteiger partial charge >= 0.3 is 5.97 Å². The summed E-state index contributed by atoms with van der Waals surface area (Å²) in [5.74, 6) is -0.00432. The van der Waals surface area contributed by atoms with Crippen LogP contribution in [0, 0.1) is 11.3 Å². The number of carbonyl (C=O) groups is 1. The Bertz CT molecular complexity index is 445. The first-order valence-corrected chi connectivity index (χ1v) is 6.24. The summed E-state index contributed by atoms with van der Waals surface area (Å²) >= 11 is 5.76. The smallest absolute Gasteiger partial charge is 0.337 e. The molecule has 1 heterocycles. The summed E-state index contributed by atoms with van der Waals surface area (Å²) in [5.41, 5.74) is 0.168. The zero-order valence-corrected chi connectivity index (χ0v) is 11.9. The molecule has 0 amide bonds. The van der Waals surface area contributed by atoms with Gasteiger partial charge in [-0.2, -0.15) is 0 Å². The lowest BCUT2D eigenvalue weighted by molar-refractivity contribution is 0.0697. The van der Waals surface area contributed by atoms with Gasteiger partial charge in [0.15, 0.2) is 0 Å². The van der Waals surface area contributed by atoms with Crippen molar-refractivity contribution in [1.29, 1.82) is 0 Å². The Morgan fingerprint density at radius 2 is 2.17 bits per heavy atom. The molecule has 0 aromatic carbocycles. The monoisotopic (exact) mass is 270 g/mol. The van der Waals surface area contributed by atoms with Crippen molar-refractivity contribution in [3.05, 3.63) is 22.8 Å². The van der Waals surface area contributed by atoms with Crippen molar-refractivity contribution in [2.45, 2.75) is 27.7 Å². The average Bonchev–Trinajstić information content (AvgIpc) is 2.27. The van der Waals surface area contributed by atoms with Gasteiger partial charge in [0.05, 0.1) is 10.6 Å². The topological polar surface area (TPSA) is 62.2 Å². The summed E-state index contributed by atoms with van der Waals surface area (Å²) in [5, 5.41) is 12.3. The van der Waals surface area contributed by atoms with Crippen LogP contribution in [0.2, 0.25) is 5.02 Å². The molecule has 100 valence electrons. The van der Waals surface area contributed by atoms with E-state index in [0.717, 1.165) is 6.54 Å². The van der Waals surface area contributed by atoms with Gasteiger partial charge in [-0.25, -0.2) is 9.78 Å². The Kier molecular flexibility index (Phi) is 4.57. The Hall–Kier alpha value is -1.29. The normalized spacial score (nSPS) is 11.7. The quantitative estimate of drug-likeness (QED) is 0.859. The first-order chi connectivity index (χ1) is 8.24. The average molecular weight is 271 g/mol. The second-order valence-corrected chi connectivity index (χ2v) is 5.76. The number of halogens is 1. The molecule has 0 saturated carbocycles. The predicted octanol–water partition coefficient (Wildman–Crippen LogP) is 3.53. The number of carboxylic acid groups (broad SMARTS) is 1. The van der Waals surface area contributed by atoms with E-state index in [1.54, 1.807) is 0 Å². The maximum absolute atomic E-state index is 10.9. The molecule has 0 saturated heterocycles. The Morgan fingerprint density at radius 3 is 2.67 bits per heavy atom. The van der Waals surface area contributed by atoms with Crippen LogP contribution in [-0.4, -0.2) is 22.6 Å². The number of rotatable bonds is 5. The fraction of sp³-hybridized carbons (Fsp3) is 0.538. The lowest BCUT2D eigenvalue weighted by Crippen LogP contribution is -2.28. The van der Waals surface area contributed by atoms with E-state index >= 15 is 0 Å². The van der Waals surface area contributed by atoms with Crippen molar-refractivity contribution in [3.63, 3.8) is 0 Å². The molecule has 0 radical (unpaired) electrons. The molecule has 0 aliphatic rings. The molecule has 0 unspecified atom stereocenters. The second-order valence-electron chi connectivity index (χ2n) is 5.35. The number of hydrogen-bond acceptors (Lipinski definition) is 3. The second kappa shape index (κ2) is 5.57. The predicted molar refractivity (Wildman–Crippen MR) is 73.3 cm³/mol. The van der Waals surface area contributed by atoms with E-state index < -0.39 is 5.97 Å². The zero-order valence-electron chi connectivity index (χ0n) is 11.1. The first-order valence-electron chi connectivity index (χ1n) is 5.87. The third kappa shape index (κ3) is 3.60. The van der Waals surface area contributed by atoms with Crippen LogP contribution in [0.5, 0.6) is 0 Å². The summed E-state index contributed by atoms with van der Waals surface area (Å²) < 4.78 is 0. The molecule has 0 spiro atoms. The van der Waals surface area contributed by atoms with Crippen LogP contribution in [-0.2, 0) is 0 Å². The van der Waals surface area contributed by atoms with Crippen molar-refractivity contribution in [1.82, 2.24) is 4.98 Å². The molecule has 1 rings (SSSR count). The van der Waals surface area contributed by atoms with Crippen LogP contribution in [0.25, 0.3) is 0 Å². The van der Waals surface area contributed by atoms with Crippen LogP contribution in [0.15, 0.2) is 12.3 Å². The third-order valence-electron chi connectivity index (χ3n) is 3.37. The Balaban J connectivity index is 2.81. The minimum atomic E-state index is -1.05. The number of nitrogens with one attached hydrogen (secondary N) is 1. The molecule has 0 aliphatic carbocycles. The highest BCUT2D eigenvalue weighted by Crippen LogP contribution is 2.26. The number of pyridine rings is 1. The van der Waals surface area contributed by atoms with Gasteiger partial charge in [0.25, 0.3) is 0 Å². The van der Waals surface area contributed by atoms with Crippen molar-refractivity contribution in [3.8, 4) is 0 Å². The summed E-state index contributed by atoms with van der Waals surface area (Å²) in [7, 11) is 0. The SMILES string of the molecule is CC(C)C(C)(C)CNc1cc(C(=O)O)c(Cl)cn1. The summed E-state index contributed by atoms with van der Waals surface area (Å²) in [6, 6.07) is 1.46. The van der Waals surface area contributed by atoms with Crippen molar-refractivity contribution >= 4 is 23.4 Å². The summed E-state index contributed by atoms with van der Waals surface area (Å²) in [6.07, 6.45) is 1.36.